The number of aromatic nitrogens is 1. The monoisotopic (exact) mass is 361 g/mol. The van der Waals surface area contributed by atoms with E-state index < -0.39 is 0 Å². The first-order valence-corrected chi connectivity index (χ1v) is 7.13. The van der Waals surface area contributed by atoms with E-state index in [0.29, 0.717) is 4.47 Å². The van der Waals surface area contributed by atoms with Gasteiger partial charge in [0.2, 0.25) is 0 Å². The summed E-state index contributed by atoms with van der Waals surface area (Å²) in [6.45, 7) is 0.720. The Kier molecular flexibility index (Phi) is 4.00. The lowest BCUT2D eigenvalue weighted by Gasteiger charge is -2.00. The number of aryl methyl sites for hydroxylation is 2. The maximum atomic E-state index is 11.7. The molecule has 84 valence electrons. The molecule has 1 aromatic carbocycles. The molecule has 0 aliphatic carbocycles. The molecule has 0 spiro atoms. The van der Waals surface area contributed by atoms with E-state index in [9.17, 15) is 4.79 Å². The van der Waals surface area contributed by atoms with Crippen LogP contribution in [0.3, 0.4) is 0 Å². The van der Waals surface area contributed by atoms with Gasteiger partial charge in [-0.15, -0.1) is 0 Å². The maximum Gasteiger partial charge on any atom is 0.276 e. The van der Waals surface area contributed by atoms with Crippen molar-refractivity contribution >= 4 is 43.4 Å². The van der Waals surface area contributed by atoms with Crippen LogP contribution in [0, 0.1) is 0 Å². The fourth-order valence-electron chi connectivity index (χ4n) is 1.39. The SMILES string of the molecule is O=c1c(Br)c(Br)sn1CCc1ccccc1. The molecule has 0 bridgehead atoms. The van der Waals surface area contributed by atoms with Crippen LogP contribution >= 0.6 is 43.4 Å². The summed E-state index contributed by atoms with van der Waals surface area (Å²) in [7, 11) is 0. The van der Waals surface area contributed by atoms with Crippen molar-refractivity contribution in [2.75, 3.05) is 0 Å². The molecule has 0 fully saturated rings. The average molecular weight is 363 g/mol. The van der Waals surface area contributed by atoms with Crippen LogP contribution in [-0.4, -0.2) is 3.96 Å². The molecule has 0 radical (unpaired) electrons. The lowest BCUT2D eigenvalue weighted by atomic mass is 10.2. The van der Waals surface area contributed by atoms with Gasteiger partial charge in [0, 0.05) is 6.54 Å². The molecule has 2 rings (SSSR count). The molecule has 1 aromatic heterocycles. The Morgan fingerprint density at radius 1 is 1.19 bits per heavy atom. The highest BCUT2D eigenvalue weighted by atomic mass is 79.9. The Morgan fingerprint density at radius 3 is 2.44 bits per heavy atom. The second kappa shape index (κ2) is 5.29. The third-order valence-corrected chi connectivity index (χ3v) is 5.52. The van der Waals surface area contributed by atoms with Gasteiger partial charge in [-0.1, -0.05) is 30.3 Å². The molecule has 2 nitrogen and oxygen atoms in total. The molecule has 0 unspecified atom stereocenters. The standard InChI is InChI=1S/C11H9Br2NOS/c12-9-10(13)16-14(11(9)15)7-6-8-4-2-1-3-5-8/h1-5H,6-7H2. The van der Waals surface area contributed by atoms with Crippen molar-refractivity contribution in [1.82, 2.24) is 3.96 Å². The van der Waals surface area contributed by atoms with E-state index in [0.717, 1.165) is 16.8 Å². The molecule has 5 heteroatoms. The Hall–Kier alpha value is -0.390. The van der Waals surface area contributed by atoms with E-state index in [2.05, 4.69) is 44.0 Å². The Labute approximate surface area is 114 Å². The van der Waals surface area contributed by atoms with Crippen molar-refractivity contribution in [2.24, 2.45) is 0 Å². The van der Waals surface area contributed by atoms with Gasteiger partial charge in [-0.2, -0.15) is 0 Å². The Balaban J connectivity index is 2.11. The van der Waals surface area contributed by atoms with Gasteiger partial charge in [0.05, 0.1) is 0 Å². The van der Waals surface area contributed by atoms with Crippen molar-refractivity contribution in [3.8, 4) is 0 Å². The quantitative estimate of drug-likeness (QED) is 0.816. The van der Waals surface area contributed by atoms with Gasteiger partial charge in [0.15, 0.2) is 0 Å². The zero-order valence-corrected chi connectivity index (χ0v) is 12.3. The van der Waals surface area contributed by atoms with Gasteiger partial charge >= 0.3 is 0 Å². The Bertz CT molecular complexity index is 533. The highest BCUT2D eigenvalue weighted by Crippen LogP contribution is 2.24. The van der Waals surface area contributed by atoms with E-state index in [1.54, 1.807) is 3.96 Å². The number of halogens is 2. The van der Waals surface area contributed by atoms with Crippen molar-refractivity contribution in [1.29, 1.82) is 0 Å². The van der Waals surface area contributed by atoms with E-state index in [-0.39, 0.29) is 5.56 Å². The van der Waals surface area contributed by atoms with Gasteiger partial charge < -0.3 is 0 Å². The number of benzene rings is 1. The zero-order valence-electron chi connectivity index (χ0n) is 8.32. The van der Waals surface area contributed by atoms with Crippen LogP contribution in [0.4, 0.5) is 0 Å². The second-order valence-corrected chi connectivity index (χ2v) is 6.46. The van der Waals surface area contributed by atoms with Crippen LogP contribution in [0.15, 0.2) is 43.4 Å². The van der Waals surface area contributed by atoms with Crippen LogP contribution in [-0.2, 0) is 13.0 Å². The first-order chi connectivity index (χ1) is 7.68. The molecule has 0 atom stereocenters. The van der Waals surface area contributed by atoms with Gasteiger partial charge in [-0.05, 0) is 55.4 Å². The third kappa shape index (κ3) is 2.64. The minimum absolute atomic E-state index is 0.0350. The predicted octanol–water partition coefficient (Wildman–Crippen LogP) is 3.68. The maximum absolute atomic E-state index is 11.7. The van der Waals surface area contributed by atoms with Crippen LogP contribution in [0.2, 0.25) is 0 Å². The largest absolute Gasteiger partial charge is 0.276 e. The van der Waals surface area contributed by atoms with Crippen LogP contribution in [0.1, 0.15) is 5.56 Å². The van der Waals surface area contributed by atoms with Gasteiger partial charge in [-0.3, -0.25) is 8.75 Å². The number of hydrogen-bond acceptors (Lipinski definition) is 2. The molecular formula is C11H9Br2NOS. The molecule has 16 heavy (non-hydrogen) atoms. The normalized spacial score (nSPS) is 10.6. The van der Waals surface area contributed by atoms with Crippen molar-refractivity contribution in [2.45, 2.75) is 13.0 Å². The molecule has 0 saturated carbocycles. The van der Waals surface area contributed by atoms with Crippen molar-refractivity contribution < 1.29 is 0 Å². The van der Waals surface area contributed by atoms with Crippen LogP contribution in [0.25, 0.3) is 0 Å². The molecule has 1 heterocycles. The second-order valence-electron chi connectivity index (χ2n) is 3.32. The highest BCUT2D eigenvalue weighted by Gasteiger charge is 2.09. The van der Waals surface area contributed by atoms with E-state index in [1.165, 1.54) is 17.1 Å². The fraction of sp³-hybridized carbons (Fsp3) is 0.182. The first kappa shape index (κ1) is 12.1. The number of nitrogens with zero attached hydrogens (tertiary/aromatic N) is 1. The lowest BCUT2D eigenvalue weighted by molar-refractivity contribution is 0.732. The van der Waals surface area contributed by atoms with Crippen molar-refractivity contribution in [3.05, 3.63) is 54.5 Å². The topological polar surface area (TPSA) is 22.0 Å². The zero-order chi connectivity index (χ0) is 11.5. The van der Waals surface area contributed by atoms with Gasteiger partial charge in [0.25, 0.3) is 5.56 Å². The van der Waals surface area contributed by atoms with Crippen molar-refractivity contribution in [3.63, 3.8) is 0 Å². The minimum atomic E-state index is 0.0350. The third-order valence-electron chi connectivity index (χ3n) is 2.22. The molecular weight excluding hydrogens is 354 g/mol. The summed E-state index contributed by atoms with van der Waals surface area (Å²) >= 11 is 8.03. The molecule has 0 aliphatic heterocycles. The molecule has 0 saturated heterocycles. The fourth-order valence-corrected chi connectivity index (χ4v) is 3.35. The summed E-state index contributed by atoms with van der Waals surface area (Å²) in [5.41, 5.74) is 1.28. The summed E-state index contributed by atoms with van der Waals surface area (Å²) in [6.07, 6.45) is 0.875. The smallest absolute Gasteiger partial charge is 0.267 e. The predicted molar refractivity (Wildman–Crippen MR) is 74.1 cm³/mol. The molecule has 0 N–H and O–H groups in total. The van der Waals surface area contributed by atoms with Crippen LogP contribution < -0.4 is 5.56 Å². The molecule has 0 aliphatic rings. The lowest BCUT2D eigenvalue weighted by Crippen LogP contribution is -2.14. The van der Waals surface area contributed by atoms with E-state index in [4.69, 9.17) is 0 Å². The van der Waals surface area contributed by atoms with Gasteiger partial charge in [0.1, 0.15) is 8.26 Å². The number of hydrogen-bond donors (Lipinski definition) is 0. The average Bonchev–Trinajstić information content (AvgIpc) is 2.56. The summed E-state index contributed by atoms with van der Waals surface area (Å²) in [5.74, 6) is 0. The van der Waals surface area contributed by atoms with Crippen LogP contribution in [0.5, 0.6) is 0 Å². The van der Waals surface area contributed by atoms with E-state index >= 15 is 0 Å². The molecule has 0 amide bonds. The molecule has 2 aromatic rings. The summed E-state index contributed by atoms with van der Waals surface area (Å²) in [4.78, 5) is 11.7. The Morgan fingerprint density at radius 2 is 1.88 bits per heavy atom. The highest BCUT2D eigenvalue weighted by molar-refractivity contribution is 9.13. The summed E-state index contributed by atoms with van der Waals surface area (Å²) in [5, 5.41) is 0. The summed E-state index contributed by atoms with van der Waals surface area (Å²) in [6, 6.07) is 10.2. The minimum Gasteiger partial charge on any atom is -0.267 e. The van der Waals surface area contributed by atoms with E-state index in [1.807, 2.05) is 18.2 Å². The summed E-state index contributed by atoms with van der Waals surface area (Å²) < 4.78 is 3.22. The van der Waals surface area contributed by atoms with Gasteiger partial charge in [-0.25, -0.2) is 0 Å². The number of rotatable bonds is 3. The first-order valence-electron chi connectivity index (χ1n) is 4.77.